The summed E-state index contributed by atoms with van der Waals surface area (Å²) >= 11 is 0. The van der Waals surface area contributed by atoms with E-state index in [4.69, 9.17) is 5.26 Å². The standard InChI is InChI=1S/C17H15FN4O2/c1-22(11-13-4-2-12(10-19)3-5-13)17(24)21-20-16(23)14-6-8-15(18)9-7-14/h2-9H,11H2,1H3,(H,20,23)(H,21,24). The van der Waals surface area contributed by atoms with Crippen LogP contribution in [0.25, 0.3) is 0 Å². The summed E-state index contributed by atoms with van der Waals surface area (Å²) in [4.78, 5) is 25.1. The monoisotopic (exact) mass is 326 g/mol. The predicted molar refractivity (Wildman–Crippen MR) is 85.0 cm³/mol. The number of hydrazine groups is 1. The highest BCUT2D eigenvalue weighted by atomic mass is 19.1. The molecule has 0 radical (unpaired) electrons. The van der Waals surface area contributed by atoms with Crippen LogP contribution in [0.2, 0.25) is 0 Å². The van der Waals surface area contributed by atoms with E-state index in [2.05, 4.69) is 10.9 Å². The fourth-order valence-electron chi connectivity index (χ4n) is 1.91. The number of amides is 3. The smallest absolute Gasteiger partial charge is 0.322 e. The van der Waals surface area contributed by atoms with E-state index in [9.17, 15) is 14.0 Å². The molecule has 122 valence electrons. The highest BCUT2D eigenvalue weighted by Crippen LogP contribution is 2.06. The third kappa shape index (κ3) is 4.55. The average Bonchev–Trinajstić information content (AvgIpc) is 2.60. The maximum atomic E-state index is 12.8. The number of carbonyl (C=O) groups excluding carboxylic acids is 2. The first-order valence-corrected chi connectivity index (χ1v) is 7.05. The Morgan fingerprint density at radius 1 is 1.08 bits per heavy atom. The Bertz CT molecular complexity index is 767. The summed E-state index contributed by atoms with van der Waals surface area (Å²) in [6.45, 7) is 0.309. The largest absolute Gasteiger partial charge is 0.336 e. The summed E-state index contributed by atoms with van der Waals surface area (Å²) in [6, 6.07) is 13.3. The van der Waals surface area contributed by atoms with Gasteiger partial charge in [0.1, 0.15) is 5.82 Å². The van der Waals surface area contributed by atoms with Gasteiger partial charge in [-0.3, -0.25) is 10.2 Å². The molecule has 2 rings (SSSR count). The van der Waals surface area contributed by atoms with E-state index in [0.717, 1.165) is 17.7 Å². The lowest BCUT2D eigenvalue weighted by molar-refractivity contribution is 0.0931. The van der Waals surface area contributed by atoms with Crippen molar-refractivity contribution in [1.29, 1.82) is 5.26 Å². The van der Waals surface area contributed by atoms with Gasteiger partial charge in [-0.1, -0.05) is 12.1 Å². The van der Waals surface area contributed by atoms with Crippen LogP contribution in [-0.2, 0) is 6.54 Å². The minimum absolute atomic E-state index is 0.228. The van der Waals surface area contributed by atoms with Crippen LogP contribution in [0.15, 0.2) is 48.5 Å². The van der Waals surface area contributed by atoms with E-state index in [1.165, 1.54) is 17.0 Å². The fraction of sp³-hybridized carbons (Fsp3) is 0.118. The summed E-state index contributed by atoms with van der Waals surface area (Å²) in [5.74, 6) is -0.993. The van der Waals surface area contributed by atoms with Crippen LogP contribution in [-0.4, -0.2) is 23.9 Å². The van der Waals surface area contributed by atoms with Gasteiger partial charge in [0.2, 0.25) is 0 Å². The van der Waals surface area contributed by atoms with E-state index in [1.807, 2.05) is 6.07 Å². The molecule has 0 spiro atoms. The number of nitriles is 1. The zero-order valence-corrected chi connectivity index (χ0v) is 12.9. The summed E-state index contributed by atoms with van der Waals surface area (Å²) in [5.41, 5.74) is 6.15. The average molecular weight is 326 g/mol. The topological polar surface area (TPSA) is 85.2 Å². The van der Waals surface area contributed by atoms with Crippen LogP contribution in [0.4, 0.5) is 9.18 Å². The molecule has 0 atom stereocenters. The second-order valence-corrected chi connectivity index (χ2v) is 5.06. The zero-order valence-electron chi connectivity index (χ0n) is 12.9. The van der Waals surface area contributed by atoms with Gasteiger partial charge in [0.25, 0.3) is 5.91 Å². The van der Waals surface area contributed by atoms with Crippen LogP contribution in [0.5, 0.6) is 0 Å². The van der Waals surface area contributed by atoms with E-state index in [1.54, 1.807) is 31.3 Å². The molecule has 0 fully saturated rings. The molecule has 2 aromatic rings. The Balaban J connectivity index is 1.85. The van der Waals surface area contributed by atoms with Crippen LogP contribution >= 0.6 is 0 Å². The van der Waals surface area contributed by atoms with Gasteiger partial charge in [-0.05, 0) is 42.0 Å². The van der Waals surface area contributed by atoms with Gasteiger partial charge in [0.15, 0.2) is 0 Å². The molecule has 0 saturated heterocycles. The van der Waals surface area contributed by atoms with Crippen LogP contribution < -0.4 is 10.9 Å². The van der Waals surface area contributed by atoms with Gasteiger partial charge in [-0.25, -0.2) is 14.6 Å². The molecule has 2 N–H and O–H groups in total. The van der Waals surface area contributed by atoms with Crippen LogP contribution in [0, 0.1) is 17.1 Å². The number of carbonyl (C=O) groups is 2. The van der Waals surface area contributed by atoms with Crippen molar-refractivity contribution in [2.75, 3.05) is 7.05 Å². The van der Waals surface area contributed by atoms with Crippen molar-refractivity contribution in [2.45, 2.75) is 6.54 Å². The van der Waals surface area contributed by atoms with E-state index in [-0.39, 0.29) is 5.56 Å². The van der Waals surface area contributed by atoms with Crippen molar-refractivity contribution in [3.63, 3.8) is 0 Å². The van der Waals surface area contributed by atoms with E-state index >= 15 is 0 Å². The number of halogens is 1. The molecule has 3 amide bonds. The van der Waals surface area contributed by atoms with E-state index in [0.29, 0.717) is 12.1 Å². The minimum Gasteiger partial charge on any atom is -0.322 e. The highest BCUT2D eigenvalue weighted by Gasteiger charge is 2.11. The molecule has 0 unspecified atom stereocenters. The van der Waals surface area contributed by atoms with Gasteiger partial charge in [0.05, 0.1) is 11.6 Å². The molecule has 24 heavy (non-hydrogen) atoms. The number of urea groups is 1. The molecule has 6 nitrogen and oxygen atoms in total. The number of hydrogen-bond donors (Lipinski definition) is 2. The molecule has 0 aromatic heterocycles. The van der Waals surface area contributed by atoms with Gasteiger partial charge < -0.3 is 4.90 Å². The van der Waals surface area contributed by atoms with Crippen molar-refractivity contribution >= 4 is 11.9 Å². The normalized spacial score (nSPS) is 9.71. The first-order chi connectivity index (χ1) is 11.5. The molecule has 2 aromatic carbocycles. The quantitative estimate of drug-likeness (QED) is 0.848. The molecule has 0 aliphatic rings. The first-order valence-electron chi connectivity index (χ1n) is 7.05. The van der Waals surface area contributed by atoms with Crippen molar-refractivity contribution < 1.29 is 14.0 Å². The van der Waals surface area contributed by atoms with Gasteiger partial charge in [0, 0.05) is 19.2 Å². The minimum atomic E-state index is -0.546. The second kappa shape index (κ2) is 7.74. The number of benzene rings is 2. The molecule has 0 saturated carbocycles. The predicted octanol–water partition coefficient (Wildman–Crippen LogP) is 2.18. The third-order valence-corrected chi connectivity index (χ3v) is 3.24. The Morgan fingerprint density at radius 2 is 1.71 bits per heavy atom. The van der Waals surface area contributed by atoms with Crippen molar-refractivity contribution in [1.82, 2.24) is 15.8 Å². The summed E-state index contributed by atoms with van der Waals surface area (Å²) in [5, 5.41) is 8.74. The Hall–Kier alpha value is -3.40. The number of nitrogens with zero attached hydrogens (tertiary/aromatic N) is 2. The zero-order chi connectivity index (χ0) is 17.5. The molecule has 0 aliphatic carbocycles. The Kier molecular flexibility index (Phi) is 5.47. The highest BCUT2D eigenvalue weighted by molar-refractivity contribution is 5.95. The lowest BCUT2D eigenvalue weighted by atomic mass is 10.1. The lowest BCUT2D eigenvalue weighted by Crippen LogP contribution is -2.47. The molecular formula is C17H15FN4O2. The Morgan fingerprint density at radius 3 is 2.29 bits per heavy atom. The number of nitrogens with one attached hydrogen (secondary N) is 2. The molecule has 0 aliphatic heterocycles. The second-order valence-electron chi connectivity index (χ2n) is 5.06. The number of hydrogen-bond acceptors (Lipinski definition) is 3. The summed E-state index contributed by atoms with van der Waals surface area (Å²) < 4.78 is 12.8. The molecule has 0 bridgehead atoms. The molecular weight excluding hydrogens is 311 g/mol. The number of rotatable bonds is 3. The third-order valence-electron chi connectivity index (χ3n) is 3.24. The SMILES string of the molecule is CN(Cc1ccc(C#N)cc1)C(=O)NNC(=O)c1ccc(F)cc1. The van der Waals surface area contributed by atoms with Gasteiger partial charge in [-0.15, -0.1) is 0 Å². The van der Waals surface area contributed by atoms with Crippen LogP contribution in [0.1, 0.15) is 21.5 Å². The maximum absolute atomic E-state index is 12.8. The van der Waals surface area contributed by atoms with Crippen molar-refractivity contribution in [3.05, 3.63) is 71.0 Å². The maximum Gasteiger partial charge on any atom is 0.336 e. The van der Waals surface area contributed by atoms with Crippen molar-refractivity contribution in [2.24, 2.45) is 0 Å². The molecule has 7 heteroatoms. The Labute approximate surface area is 138 Å². The van der Waals surface area contributed by atoms with Crippen LogP contribution in [0.3, 0.4) is 0 Å². The first kappa shape index (κ1) is 17.0. The lowest BCUT2D eigenvalue weighted by Gasteiger charge is -2.18. The fourth-order valence-corrected chi connectivity index (χ4v) is 1.91. The van der Waals surface area contributed by atoms with Gasteiger partial charge in [-0.2, -0.15) is 5.26 Å². The van der Waals surface area contributed by atoms with Gasteiger partial charge >= 0.3 is 6.03 Å². The summed E-state index contributed by atoms with van der Waals surface area (Å²) in [6.07, 6.45) is 0. The van der Waals surface area contributed by atoms with Crippen molar-refractivity contribution in [3.8, 4) is 6.07 Å². The van der Waals surface area contributed by atoms with E-state index < -0.39 is 17.8 Å². The molecule has 0 heterocycles. The summed E-state index contributed by atoms with van der Waals surface area (Å²) in [7, 11) is 1.57.